The number of fused-ring (bicyclic) bond motifs is 1. The molecule has 0 unspecified atom stereocenters. The second-order valence-electron chi connectivity index (χ2n) is 6.10. The van der Waals surface area contributed by atoms with Crippen molar-refractivity contribution in [2.24, 2.45) is 5.73 Å². The largest absolute Gasteiger partial charge is 0.493 e. The number of aromatic nitrogens is 2. The normalized spacial score (nSPS) is 10.8. The Morgan fingerprint density at radius 1 is 1.04 bits per heavy atom. The molecule has 0 saturated heterocycles. The number of nitrogens with one attached hydrogen (secondary N) is 1. The molecule has 28 heavy (non-hydrogen) atoms. The van der Waals surface area contributed by atoms with Crippen molar-refractivity contribution in [3.8, 4) is 28.6 Å². The predicted molar refractivity (Wildman–Crippen MR) is 108 cm³/mol. The summed E-state index contributed by atoms with van der Waals surface area (Å²) in [5.41, 5.74) is 8.15. The summed E-state index contributed by atoms with van der Waals surface area (Å²) in [6.07, 6.45) is 0. The van der Waals surface area contributed by atoms with Crippen LogP contribution >= 0.6 is 11.6 Å². The SMILES string of the molecule is COc1cc(Cl)ccc1Oc1ccc(-c2nc3ccc(C(N)=O)cc3[nH]2)cc1. The molecule has 0 saturated carbocycles. The number of halogens is 1. The molecule has 140 valence electrons. The van der Waals surface area contributed by atoms with Gasteiger partial charge in [0.1, 0.15) is 11.6 Å². The minimum atomic E-state index is -0.475. The maximum Gasteiger partial charge on any atom is 0.248 e. The molecule has 0 bridgehead atoms. The van der Waals surface area contributed by atoms with Crippen LogP contribution in [0.1, 0.15) is 10.4 Å². The van der Waals surface area contributed by atoms with Gasteiger partial charge in [-0.25, -0.2) is 4.98 Å². The van der Waals surface area contributed by atoms with Crippen molar-refractivity contribution >= 4 is 28.5 Å². The molecule has 0 atom stereocenters. The van der Waals surface area contributed by atoms with Crippen LogP contribution in [0, 0.1) is 0 Å². The van der Waals surface area contributed by atoms with E-state index in [0.29, 0.717) is 33.7 Å². The number of hydrogen-bond acceptors (Lipinski definition) is 4. The molecule has 3 aromatic carbocycles. The first kappa shape index (κ1) is 17.9. The third-order valence-electron chi connectivity index (χ3n) is 4.25. The second kappa shape index (κ2) is 7.25. The Bertz CT molecular complexity index is 1170. The van der Waals surface area contributed by atoms with Crippen LogP contribution in [0.3, 0.4) is 0 Å². The minimum Gasteiger partial charge on any atom is -0.493 e. The Morgan fingerprint density at radius 2 is 1.82 bits per heavy atom. The molecular weight excluding hydrogens is 378 g/mol. The van der Waals surface area contributed by atoms with Gasteiger partial charge in [-0.05, 0) is 54.6 Å². The fourth-order valence-electron chi connectivity index (χ4n) is 2.83. The number of benzene rings is 3. The van der Waals surface area contributed by atoms with Crippen LogP contribution in [0.5, 0.6) is 17.2 Å². The van der Waals surface area contributed by atoms with E-state index >= 15 is 0 Å². The third-order valence-corrected chi connectivity index (χ3v) is 4.48. The number of aromatic amines is 1. The van der Waals surface area contributed by atoms with Gasteiger partial charge < -0.3 is 20.2 Å². The highest BCUT2D eigenvalue weighted by atomic mass is 35.5. The van der Waals surface area contributed by atoms with Gasteiger partial charge in [-0.2, -0.15) is 0 Å². The molecule has 3 N–H and O–H groups in total. The number of ether oxygens (including phenoxy) is 2. The van der Waals surface area contributed by atoms with Crippen LogP contribution in [-0.4, -0.2) is 23.0 Å². The van der Waals surface area contributed by atoms with E-state index in [1.54, 1.807) is 43.5 Å². The number of rotatable bonds is 5. The van der Waals surface area contributed by atoms with Crippen LogP contribution in [0.25, 0.3) is 22.4 Å². The van der Waals surface area contributed by atoms with Crippen molar-refractivity contribution in [1.29, 1.82) is 0 Å². The van der Waals surface area contributed by atoms with E-state index in [0.717, 1.165) is 16.6 Å². The van der Waals surface area contributed by atoms with Crippen molar-refractivity contribution in [1.82, 2.24) is 9.97 Å². The predicted octanol–water partition coefficient (Wildman–Crippen LogP) is 4.78. The number of carbonyl (C=O) groups excluding carboxylic acids is 1. The molecule has 4 aromatic rings. The molecule has 1 aromatic heterocycles. The summed E-state index contributed by atoms with van der Waals surface area (Å²) in [5.74, 6) is 1.99. The van der Waals surface area contributed by atoms with E-state index < -0.39 is 5.91 Å². The van der Waals surface area contributed by atoms with Crippen molar-refractivity contribution in [2.75, 3.05) is 7.11 Å². The monoisotopic (exact) mass is 393 g/mol. The summed E-state index contributed by atoms with van der Waals surface area (Å²) >= 11 is 5.98. The molecule has 7 heteroatoms. The zero-order chi connectivity index (χ0) is 19.7. The van der Waals surface area contributed by atoms with E-state index in [2.05, 4.69) is 9.97 Å². The van der Waals surface area contributed by atoms with E-state index in [9.17, 15) is 4.79 Å². The summed E-state index contributed by atoms with van der Waals surface area (Å²) in [5, 5.41) is 0.573. The fourth-order valence-corrected chi connectivity index (χ4v) is 3.00. The van der Waals surface area contributed by atoms with E-state index in [1.807, 2.05) is 24.3 Å². The summed E-state index contributed by atoms with van der Waals surface area (Å²) in [6.45, 7) is 0. The molecule has 1 heterocycles. The molecular formula is C21H16ClN3O3. The van der Waals surface area contributed by atoms with Crippen LogP contribution in [0.4, 0.5) is 0 Å². The van der Waals surface area contributed by atoms with E-state index in [4.69, 9.17) is 26.8 Å². The highest BCUT2D eigenvalue weighted by molar-refractivity contribution is 6.30. The smallest absolute Gasteiger partial charge is 0.248 e. The number of nitrogens with zero attached hydrogens (tertiary/aromatic N) is 1. The van der Waals surface area contributed by atoms with E-state index in [1.165, 1.54) is 0 Å². The number of hydrogen-bond donors (Lipinski definition) is 2. The lowest BCUT2D eigenvalue weighted by Crippen LogP contribution is -2.10. The average molecular weight is 394 g/mol. The molecule has 4 rings (SSSR count). The van der Waals surface area contributed by atoms with Crippen molar-refractivity contribution in [3.05, 3.63) is 71.2 Å². The van der Waals surface area contributed by atoms with Crippen molar-refractivity contribution in [2.45, 2.75) is 0 Å². The Morgan fingerprint density at radius 3 is 2.54 bits per heavy atom. The number of H-pyrrole nitrogens is 1. The van der Waals surface area contributed by atoms with E-state index in [-0.39, 0.29) is 0 Å². The number of methoxy groups -OCH3 is 1. The average Bonchev–Trinajstić information content (AvgIpc) is 3.13. The first-order valence-electron chi connectivity index (χ1n) is 8.45. The summed E-state index contributed by atoms with van der Waals surface area (Å²) < 4.78 is 11.2. The number of carbonyl (C=O) groups is 1. The summed E-state index contributed by atoms with van der Waals surface area (Å²) in [6, 6.07) is 17.8. The zero-order valence-electron chi connectivity index (χ0n) is 14.9. The van der Waals surface area contributed by atoms with Crippen LogP contribution in [-0.2, 0) is 0 Å². The fraction of sp³-hybridized carbons (Fsp3) is 0.0476. The van der Waals surface area contributed by atoms with Gasteiger partial charge in [-0.1, -0.05) is 11.6 Å². The first-order valence-corrected chi connectivity index (χ1v) is 8.83. The molecule has 6 nitrogen and oxygen atoms in total. The molecule has 0 fully saturated rings. The number of nitrogens with two attached hydrogens (primary N) is 1. The van der Waals surface area contributed by atoms with Gasteiger partial charge in [0.05, 0.1) is 18.1 Å². The molecule has 0 spiro atoms. The van der Waals surface area contributed by atoms with Crippen LogP contribution < -0.4 is 15.2 Å². The number of amides is 1. The lowest BCUT2D eigenvalue weighted by Gasteiger charge is -2.10. The van der Waals surface area contributed by atoms with Crippen LogP contribution in [0.2, 0.25) is 5.02 Å². The van der Waals surface area contributed by atoms with Crippen molar-refractivity contribution < 1.29 is 14.3 Å². The highest BCUT2D eigenvalue weighted by Gasteiger charge is 2.10. The maximum absolute atomic E-state index is 11.3. The Balaban J connectivity index is 1.59. The number of primary amides is 1. The third kappa shape index (κ3) is 3.50. The zero-order valence-corrected chi connectivity index (χ0v) is 15.7. The van der Waals surface area contributed by atoms with Gasteiger partial charge in [-0.3, -0.25) is 4.79 Å². The van der Waals surface area contributed by atoms with Gasteiger partial charge in [0.2, 0.25) is 5.91 Å². The molecule has 0 aliphatic carbocycles. The summed E-state index contributed by atoms with van der Waals surface area (Å²) in [7, 11) is 1.56. The molecule has 0 radical (unpaired) electrons. The standard InChI is InChI=1S/C21H16ClN3O3/c1-27-19-11-14(22)5-9-18(19)28-15-6-2-12(3-7-15)21-24-16-8-4-13(20(23)26)10-17(16)25-21/h2-11H,1H3,(H2,23,26)(H,24,25). The second-order valence-corrected chi connectivity index (χ2v) is 6.54. The lowest BCUT2D eigenvalue weighted by atomic mass is 10.2. The van der Waals surface area contributed by atoms with Gasteiger partial charge in [0, 0.05) is 22.2 Å². The topological polar surface area (TPSA) is 90.2 Å². The minimum absolute atomic E-state index is 0.434. The van der Waals surface area contributed by atoms with Gasteiger partial charge in [0.15, 0.2) is 11.5 Å². The molecule has 0 aliphatic heterocycles. The number of imidazole rings is 1. The lowest BCUT2D eigenvalue weighted by molar-refractivity contribution is 0.100. The quantitative estimate of drug-likeness (QED) is 0.510. The maximum atomic E-state index is 11.3. The Hall–Kier alpha value is -3.51. The first-order chi connectivity index (χ1) is 13.5. The highest BCUT2D eigenvalue weighted by Crippen LogP contribution is 2.34. The molecule has 0 aliphatic rings. The van der Waals surface area contributed by atoms with Crippen molar-refractivity contribution in [3.63, 3.8) is 0 Å². The van der Waals surface area contributed by atoms with Crippen LogP contribution in [0.15, 0.2) is 60.7 Å². The Kier molecular flexibility index (Phi) is 4.63. The van der Waals surface area contributed by atoms with Gasteiger partial charge in [0.25, 0.3) is 0 Å². The molecule has 1 amide bonds. The Labute approximate surface area is 165 Å². The van der Waals surface area contributed by atoms with Gasteiger partial charge >= 0.3 is 0 Å². The van der Waals surface area contributed by atoms with Gasteiger partial charge in [-0.15, -0.1) is 0 Å². The summed E-state index contributed by atoms with van der Waals surface area (Å²) in [4.78, 5) is 19.1.